The number of carbonyl (C=O) groups is 1. The van der Waals surface area contributed by atoms with E-state index in [1.165, 1.54) is 10.6 Å². The summed E-state index contributed by atoms with van der Waals surface area (Å²) in [6.45, 7) is 4.72. The minimum absolute atomic E-state index is 0.0625. The monoisotopic (exact) mass is 451 g/mol. The van der Waals surface area contributed by atoms with E-state index in [9.17, 15) is 4.79 Å². The van der Waals surface area contributed by atoms with E-state index < -0.39 is 0 Å². The van der Waals surface area contributed by atoms with Gasteiger partial charge in [0.2, 0.25) is 0 Å². The van der Waals surface area contributed by atoms with Crippen LogP contribution in [0.4, 0.5) is 10.5 Å². The third kappa shape index (κ3) is 4.92. The second-order valence-electron chi connectivity index (χ2n) is 7.89. The quantitative estimate of drug-likeness (QED) is 0.449. The van der Waals surface area contributed by atoms with Crippen molar-refractivity contribution in [1.82, 2.24) is 5.01 Å². The first-order valence-electron chi connectivity index (χ1n) is 10.2. The van der Waals surface area contributed by atoms with Crippen molar-refractivity contribution >= 4 is 40.6 Å². The minimum Gasteiger partial charge on any atom is -0.306 e. The van der Waals surface area contributed by atoms with Gasteiger partial charge in [0.15, 0.2) is 0 Å². The van der Waals surface area contributed by atoms with Gasteiger partial charge in [-0.2, -0.15) is 5.10 Å². The Bertz CT molecular complexity index is 1090. The van der Waals surface area contributed by atoms with Gasteiger partial charge in [-0.15, -0.1) is 0 Å². The fourth-order valence-electron chi connectivity index (χ4n) is 3.61. The number of hydrazone groups is 1. The lowest BCUT2D eigenvalue weighted by atomic mass is 9.91. The highest BCUT2D eigenvalue weighted by molar-refractivity contribution is 6.31. The van der Waals surface area contributed by atoms with Crippen molar-refractivity contribution in [3.05, 3.63) is 99.5 Å². The minimum atomic E-state index is -0.264. The van der Waals surface area contributed by atoms with Crippen molar-refractivity contribution in [2.24, 2.45) is 5.10 Å². The lowest BCUT2D eigenvalue weighted by Gasteiger charge is -2.16. The van der Waals surface area contributed by atoms with Crippen LogP contribution in [0, 0.1) is 0 Å². The van der Waals surface area contributed by atoms with Crippen LogP contribution in [0.1, 0.15) is 42.4 Å². The van der Waals surface area contributed by atoms with Crippen molar-refractivity contribution in [1.29, 1.82) is 0 Å². The van der Waals surface area contributed by atoms with Gasteiger partial charge in [0.05, 0.1) is 12.3 Å². The highest BCUT2D eigenvalue weighted by Crippen LogP contribution is 2.30. The number of rotatable bonds is 4. The van der Waals surface area contributed by atoms with Gasteiger partial charge in [0, 0.05) is 21.7 Å². The number of hydrogen-bond donors (Lipinski definition) is 1. The number of carbonyl (C=O) groups excluding carboxylic acids is 1. The van der Waals surface area contributed by atoms with Crippen molar-refractivity contribution in [3.63, 3.8) is 0 Å². The lowest BCUT2D eigenvalue weighted by Crippen LogP contribution is -2.30. The molecule has 3 aromatic carbocycles. The maximum atomic E-state index is 13.0. The first-order valence-corrected chi connectivity index (χ1v) is 10.9. The molecule has 31 heavy (non-hydrogen) atoms. The standard InChI is InChI=1S/C25H23Cl2N3O/c1-16(2)17-7-13-22(14-8-17)28-25(31)30-15-23(18-3-9-20(26)10-4-18)24(29-30)19-5-11-21(27)12-6-19/h3-14,16,23H,15H2,1-2H3,(H,28,31)/t23-/m1/s1. The van der Waals surface area contributed by atoms with E-state index in [-0.39, 0.29) is 11.9 Å². The summed E-state index contributed by atoms with van der Waals surface area (Å²) in [6.07, 6.45) is 0. The number of urea groups is 1. The largest absolute Gasteiger partial charge is 0.342 e. The summed E-state index contributed by atoms with van der Waals surface area (Å²) in [6, 6.07) is 22.8. The molecule has 3 aromatic rings. The van der Waals surface area contributed by atoms with E-state index in [2.05, 4.69) is 24.3 Å². The molecule has 1 aliphatic rings. The molecule has 0 aromatic heterocycles. The fourth-order valence-corrected chi connectivity index (χ4v) is 3.86. The Morgan fingerprint density at radius 2 is 1.52 bits per heavy atom. The molecule has 158 valence electrons. The molecule has 2 amide bonds. The van der Waals surface area contributed by atoms with Gasteiger partial charge >= 0.3 is 6.03 Å². The summed E-state index contributed by atoms with van der Waals surface area (Å²) >= 11 is 12.1. The van der Waals surface area contributed by atoms with Crippen LogP contribution in [-0.2, 0) is 0 Å². The molecule has 0 unspecified atom stereocenters. The first-order chi connectivity index (χ1) is 14.9. The number of amides is 2. The van der Waals surface area contributed by atoms with Gasteiger partial charge in [-0.3, -0.25) is 0 Å². The molecular weight excluding hydrogens is 429 g/mol. The van der Waals surface area contributed by atoms with E-state index in [0.29, 0.717) is 22.5 Å². The molecule has 4 nitrogen and oxygen atoms in total. The topological polar surface area (TPSA) is 44.7 Å². The molecule has 1 heterocycles. The molecule has 0 radical (unpaired) electrons. The molecule has 1 N–H and O–H groups in total. The number of nitrogens with zero attached hydrogens (tertiary/aromatic N) is 2. The predicted molar refractivity (Wildman–Crippen MR) is 128 cm³/mol. The second-order valence-corrected chi connectivity index (χ2v) is 8.76. The SMILES string of the molecule is CC(C)c1ccc(NC(=O)N2C[C@H](c3ccc(Cl)cc3)C(c3ccc(Cl)cc3)=N2)cc1. The molecule has 0 aliphatic carbocycles. The Labute approximate surface area is 192 Å². The summed E-state index contributed by atoms with van der Waals surface area (Å²) in [5.74, 6) is 0.377. The number of anilines is 1. The van der Waals surface area contributed by atoms with E-state index in [1.807, 2.05) is 72.8 Å². The van der Waals surface area contributed by atoms with Crippen LogP contribution in [0.15, 0.2) is 77.9 Å². The maximum absolute atomic E-state index is 13.0. The normalized spacial score (nSPS) is 15.8. The zero-order valence-electron chi connectivity index (χ0n) is 17.3. The summed E-state index contributed by atoms with van der Waals surface area (Å²) in [4.78, 5) is 13.0. The highest BCUT2D eigenvalue weighted by Gasteiger charge is 2.32. The summed E-state index contributed by atoms with van der Waals surface area (Å²) < 4.78 is 0. The van der Waals surface area contributed by atoms with Crippen LogP contribution in [0.3, 0.4) is 0 Å². The second kappa shape index (κ2) is 9.13. The zero-order valence-corrected chi connectivity index (χ0v) is 18.9. The van der Waals surface area contributed by atoms with Crippen molar-refractivity contribution in [2.75, 3.05) is 11.9 Å². The average Bonchev–Trinajstić information content (AvgIpc) is 3.21. The van der Waals surface area contributed by atoms with E-state index in [1.54, 1.807) is 0 Å². The van der Waals surface area contributed by atoms with Gasteiger partial charge < -0.3 is 5.32 Å². The van der Waals surface area contributed by atoms with Gasteiger partial charge in [-0.1, -0.05) is 73.4 Å². The van der Waals surface area contributed by atoms with Crippen LogP contribution in [-0.4, -0.2) is 23.3 Å². The van der Waals surface area contributed by atoms with Crippen molar-refractivity contribution < 1.29 is 4.79 Å². The van der Waals surface area contributed by atoms with Gasteiger partial charge in [-0.05, 0) is 59.0 Å². The Morgan fingerprint density at radius 3 is 2.10 bits per heavy atom. The Balaban J connectivity index is 1.59. The molecular formula is C25H23Cl2N3O. The van der Waals surface area contributed by atoms with E-state index in [4.69, 9.17) is 23.2 Å². The number of halogens is 2. The third-order valence-electron chi connectivity index (χ3n) is 5.39. The van der Waals surface area contributed by atoms with Gasteiger partial charge in [0.1, 0.15) is 0 Å². The lowest BCUT2D eigenvalue weighted by molar-refractivity contribution is 0.218. The molecule has 1 aliphatic heterocycles. The first kappa shape index (κ1) is 21.4. The Kier molecular flexibility index (Phi) is 6.30. The molecule has 0 saturated carbocycles. The summed E-state index contributed by atoms with van der Waals surface area (Å²) in [5, 5.41) is 10.4. The summed E-state index contributed by atoms with van der Waals surface area (Å²) in [5.41, 5.74) is 4.78. The molecule has 0 saturated heterocycles. The average molecular weight is 452 g/mol. The molecule has 0 fully saturated rings. The van der Waals surface area contributed by atoms with Crippen molar-refractivity contribution in [3.8, 4) is 0 Å². The Morgan fingerprint density at radius 1 is 0.935 bits per heavy atom. The number of hydrogen-bond acceptors (Lipinski definition) is 2. The molecule has 0 bridgehead atoms. The highest BCUT2D eigenvalue weighted by atomic mass is 35.5. The Hall–Kier alpha value is -2.82. The zero-order chi connectivity index (χ0) is 22.0. The molecule has 4 rings (SSSR count). The maximum Gasteiger partial charge on any atom is 0.342 e. The van der Waals surface area contributed by atoms with Crippen molar-refractivity contribution in [2.45, 2.75) is 25.7 Å². The van der Waals surface area contributed by atoms with Crippen LogP contribution in [0.25, 0.3) is 0 Å². The molecule has 6 heteroatoms. The number of nitrogens with one attached hydrogen (secondary N) is 1. The van der Waals surface area contributed by atoms with E-state index >= 15 is 0 Å². The summed E-state index contributed by atoms with van der Waals surface area (Å²) in [7, 11) is 0. The smallest absolute Gasteiger partial charge is 0.306 e. The number of benzene rings is 3. The molecule has 0 spiro atoms. The predicted octanol–water partition coefficient (Wildman–Crippen LogP) is 7.15. The van der Waals surface area contributed by atoms with E-state index in [0.717, 1.165) is 22.5 Å². The molecule has 1 atom stereocenters. The third-order valence-corrected chi connectivity index (χ3v) is 5.89. The van der Waals surface area contributed by atoms with Crippen LogP contribution in [0.2, 0.25) is 10.0 Å². The van der Waals surface area contributed by atoms with Gasteiger partial charge in [-0.25, -0.2) is 9.80 Å². The van der Waals surface area contributed by atoms with Crippen LogP contribution < -0.4 is 5.32 Å². The van der Waals surface area contributed by atoms with Crippen LogP contribution in [0.5, 0.6) is 0 Å². The van der Waals surface area contributed by atoms with Crippen LogP contribution >= 0.6 is 23.2 Å². The fraction of sp³-hybridized carbons (Fsp3) is 0.200. The van der Waals surface area contributed by atoms with Gasteiger partial charge in [0.25, 0.3) is 0 Å².